The first-order valence-electron chi connectivity index (χ1n) is 8.16. The molecule has 7 heteroatoms. The first-order valence-corrected chi connectivity index (χ1v) is 8.16. The zero-order valence-corrected chi connectivity index (χ0v) is 15.2. The SMILES string of the molecule is COC(=O)C1=C(C)N(NC(N)=O)C2(C1)N(C)c1ccccc1C2(C)C. The second kappa shape index (κ2) is 5.40. The molecule has 0 radical (unpaired) electrons. The molecule has 0 bridgehead atoms. The van der Waals surface area contributed by atoms with Crippen molar-refractivity contribution in [2.24, 2.45) is 5.73 Å². The Morgan fingerprint density at radius 1 is 1.28 bits per heavy atom. The largest absolute Gasteiger partial charge is 0.466 e. The Kier molecular flexibility index (Phi) is 3.70. The molecule has 0 saturated carbocycles. The van der Waals surface area contributed by atoms with Gasteiger partial charge < -0.3 is 15.4 Å². The summed E-state index contributed by atoms with van der Waals surface area (Å²) in [5.74, 6) is -0.397. The Labute approximate surface area is 147 Å². The lowest BCUT2D eigenvalue weighted by atomic mass is 9.74. The monoisotopic (exact) mass is 344 g/mol. The summed E-state index contributed by atoms with van der Waals surface area (Å²) in [5.41, 5.74) is 10.4. The molecule has 3 rings (SSSR count). The molecular formula is C18H24N4O3. The number of ether oxygens (including phenoxy) is 1. The third-order valence-electron chi connectivity index (χ3n) is 5.71. The van der Waals surface area contributed by atoms with Crippen molar-refractivity contribution in [2.45, 2.75) is 38.3 Å². The zero-order valence-electron chi connectivity index (χ0n) is 15.2. The van der Waals surface area contributed by atoms with Crippen LogP contribution in [0.5, 0.6) is 0 Å². The average molecular weight is 344 g/mol. The van der Waals surface area contributed by atoms with E-state index in [1.165, 1.54) is 7.11 Å². The van der Waals surface area contributed by atoms with E-state index in [0.717, 1.165) is 11.3 Å². The van der Waals surface area contributed by atoms with Crippen molar-refractivity contribution in [3.8, 4) is 0 Å². The second-order valence-corrected chi connectivity index (χ2v) is 7.06. The molecular weight excluding hydrogens is 320 g/mol. The number of nitrogens with zero attached hydrogens (tertiary/aromatic N) is 2. The van der Waals surface area contributed by atoms with Gasteiger partial charge in [-0.05, 0) is 18.6 Å². The van der Waals surface area contributed by atoms with Gasteiger partial charge in [0.05, 0.1) is 12.7 Å². The third kappa shape index (κ3) is 2.04. The van der Waals surface area contributed by atoms with E-state index < -0.39 is 23.1 Å². The molecule has 3 N–H and O–H groups in total. The number of anilines is 1. The van der Waals surface area contributed by atoms with Crippen LogP contribution < -0.4 is 16.1 Å². The molecule has 2 aliphatic heterocycles. The van der Waals surface area contributed by atoms with Gasteiger partial charge in [-0.15, -0.1) is 0 Å². The number of methoxy groups -OCH3 is 1. The predicted molar refractivity (Wildman–Crippen MR) is 94.5 cm³/mol. The zero-order chi connectivity index (χ0) is 18.6. The standard InChI is InChI=1S/C18H24N4O3/c1-11-12(15(23)25-5)10-18(22(11)20-16(19)24)17(2,3)13-8-6-7-9-14(13)21(18)4/h6-9H,10H2,1-5H3,(H3,19,20,24). The van der Waals surface area contributed by atoms with Crippen LogP contribution in [-0.2, 0) is 14.9 Å². The maximum Gasteiger partial charge on any atom is 0.335 e. The topological polar surface area (TPSA) is 87.9 Å². The number of hydrogen-bond donors (Lipinski definition) is 2. The highest BCUT2D eigenvalue weighted by Crippen LogP contribution is 2.57. The highest BCUT2D eigenvalue weighted by Gasteiger charge is 2.63. The Morgan fingerprint density at radius 3 is 2.48 bits per heavy atom. The van der Waals surface area contributed by atoms with Crippen molar-refractivity contribution in [1.29, 1.82) is 0 Å². The van der Waals surface area contributed by atoms with Gasteiger partial charge in [0.25, 0.3) is 0 Å². The van der Waals surface area contributed by atoms with Crippen molar-refractivity contribution < 1.29 is 14.3 Å². The lowest BCUT2D eigenvalue weighted by molar-refractivity contribution is -0.136. The molecule has 1 spiro atoms. The quantitative estimate of drug-likeness (QED) is 0.800. The number of allylic oxidation sites excluding steroid dienone is 1. The van der Waals surface area contributed by atoms with Gasteiger partial charge in [0.2, 0.25) is 0 Å². The molecule has 1 aromatic carbocycles. The van der Waals surface area contributed by atoms with Gasteiger partial charge in [-0.3, -0.25) is 5.01 Å². The summed E-state index contributed by atoms with van der Waals surface area (Å²) in [6, 6.07) is 7.42. The molecule has 0 saturated heterocycles. The Balaban J connectivity index is 2.21. The van der Waals surface area contributed by atoms with Gasteiger partial charge in [0.15, 0.2) is 0 Å². The van der Waals surface area contributed by atoms with Crippen LogP contribution in [0.25, 0.3) is 0 Å². The lowest BCUT2D eigenvalue weighted by Gasteiger charge is -2.50. The lowest BCUT2D eigenvalue weighted by Crippen LogP contribution is -2.67. The molecule has 7 nitrogen and oxygen atoms in total. The number of hydrazine groups is 1. The number of hydrogen-bond acceptors (Lipinski definition) is 5. The molecule has 134 valence electrons. The van der Waals surface area contributed by atoms with E-state index in [4.69, 9.17) is 10.5 Å². The normalized spacial score (nSPS) is 23.9. The number of rotatable bonds is 2. The number of carbonyl (C=O) groups excluding carboxylic acids is 2. The molecule has 0 aliphatic carbocycles. The van der Waals surface area contributed by atoms with E-state index in [0.29, 0.717) is 17.7 Å². The summed E-state index contributed by atoms with van der Waals surface area (Å²) in [7, 11) is 3.33. The van der Waals surface area contributed by atoms with Gasteiger partial charge in [0.1, 0.15) is 5.66 Å². The molecule has 0 aromatic heterocycles. The molecule has 2 amide bonds. The van der Waals surface area contributed by atoms with E-state index in [1.54, 1.807) is 11.9 Å². The number of para-hydroxylation sites is 1. The van der Waals surface area contributed by atoms with Crippen molar-refractivity contribution >= 4 is 17.7 Å². The summed E-state index contributed by atoms with van der Waals surface area (Å²) in [5, 5.41) is 1.72. The fraction of sp³-hybridized carbons (Fsp3) is 0.444. The van der Waals surface area contributed by atoms with E-state index in [9.17, 15) is 9.59 Å². The van der Waals surface area contributed by atoms with Crippen LogP contribution in [0.4, 0.5) is 10.5 Å². The maximum absolute atomic E-state index is 12.3. The van der Waals surface area contributed by atoms with Crippen molar-refractivity contribution in [1.82, 2.24) is 10.4 Å². The minimum absolute atomic E-state index is 0.391. The number of amides is 2. The van der Waals surface area contributed by atoms with Gasteiger partial charge in [-0.25, -0.2) is 15.0 Å². The number of nitrogens with one attached hydrogen (secondary N) is 1. The van der Waals surface area contributed by atoms with Crippen molar-refractivity contribution in [3.63, 3.8) is 0 Å². The molecule has 1 aromatic rings. The van der Waals surface area contributed by atoms with E-state index in [1.807, 2.05) is 25.2 Å². The van der Waals surface area contributed by atoms with E-state index in [-0.39, 0.29) is 0 Å². The summed E-state index contributed by atoms with van der Waals surface area (Å²) in [4.78, 5) is 26.1. The Morgan fingerprint density at radius 2 is 1.92 bits per heavy atom. The average Bonchev–Trinajstić information content (AvgIpc) is 2.95. The number of nitrogens with two attached hydrogens (primary N) is 1. The number of likely N-dealkylation sites (N-methyl/N-ethyl adjacent to an activating group) is 1. The van der Waals surface area contributed by atoms with Crippen LogP contribution in [0.2, 0.25) is 0 Å². The van der Waals surface area contributed by atoms with Crippen LogP contribution in [0.1, 0.15) is 32.8 Å². The molecule has 0 fully saturated rings. The van der Waals surface area contributed by atoms with E-state index in [2.05, 4.69) is 30.2 Å². The highest BCUT2D eigenvalue weighted by molar-refractivity contribution is 5.91. The molecule has 25 heavy (non-hydrogen) atoms. The number of esters is 1. The number of fused-ring (bicyclic) bond motifs is 1. The Bertz CT molecular complexity index is 786. The van der Waals surface area contributed by atoms with Gasteiger partial charge in [-0.1, -0.05) is 32.0 Å². The van der Waals surface area contributed by atoms with Crippen LogP contribution in [0, 0.1) is 0 Å². The van der Waals surface area contributed by atoms with Crippen molar-refractivity contribution in [3.05, 3.63) is 41.1 Å². The molecule has 2 aliphatic rings. The van der Waals surface area contributed by atoms with Crippen LogP contribution >= 0.6 is 0 Å². The van der Waals surface area contributed by atoms with Crippen LogP contribution in [-0.4, -0.2) is 36.8 Å². The van der Waals surface area contributed by atoms with Gasteiger partial charge in [0, 0.05) is 30.3 Å². The summed E-state index contributed by atoms with van der Waals surface area (Å²) < 4.78 is 4.96. The van der Waals surface area contributed by atoms with Crippen LogP contribution in [0.3, 0.4) is 0 Å². The number of benzene rings is 1. The smallest absolute Gasteiger partial charge is 0.335 e. The van der Waals surface area contributed by atoms with Gasteiger partial charge in [-0.2, -0.15) is 0 Å². The van der Waals surface area contributed by atoms with Crippen molar-refractivity contribution in [2.75, 3.05) is 19.1 Å². The summed E-state index contributed by atoms with van der Waals surface area (Å²) in [6.45, 7) is 6.01. The molecule has 2 heterocycles. The third-order valence-corrected chi connectivity index (χ3v) is 5.71. The van der Waals surface area contributed by atoms with E-state index >= 15 is 0 Å². The minimum Gasteiger partial charge on any atom is -0.466 e. The van der Waals surface area contributed by atoms with Gasteiger partial charge >= 0.3 is 12.0 Å². The number of urea groups is 1. The summed E-state index contributed by atoms with van der Waals surface area (Å²) in [6.07, 6.45) is 0.407. The predicted octanol–water partition coefficient (Wildman–Crippen LogP) is 1.85. The minimum atomic E-state index is -0.695. The maximum atomic E-state index is 12.3. The first-order chi connectivity index (χ1) is 11.7. The van der Waals surface area contributed by atoms with Crippen LogP contribution in [0.15, 0.2) is 35.5 Å². The first kappa shape index (κ1) is 17.1. The molecule has 1 atom stereocenters. The second-order valence-electron chi connectivity index (χ2n) is 7.06. The Hall–Kier alpha value is -2.70. The highest BCUT2D eigenvalue weighted by atomic mass is 16.5. The fourth-order valence-electron chi connectivity index (χ4n) is 4.39. The number of primary amides is 1. The molecule has 1 unspecified atom stereocenters. The summed E-state index contributed by atoms with van der Waals surface area (Å²) >= 11 is 0. The number of carbonyl (C=O) groups is 2. The fourth-order valence-corrected chi connectivity index (χ4v) is 4.39.